The Labute approximate surface area is 322 Å². The topological polar surface area (TPSA) is 117 Å². The molecule has 3 N–H and O–H groups in total. The molecular formula is C43H86NO7P. The van der Waals surface area contributed by atoms with Gasteiger partial charge in [-0.25, -0.2) is 4.57 Å². The monoisotopic (exact) mass is 760 g/mol. The zero-order chi connectivity index (χ0) is 38.1. The standard InChI is InChI=1S/C43H86NO7P/c1-3-5-7-9-11-13-15-17-19-21-22-24-26-28-30-32-34-36-43(45)51-42(41-50-52(46,47)49-39-37-44)40-48-38-35-33-31-29-27-25-23-20-18-16-14-12-10-8-6-4-2/h35,38,42H,3-34,36-37,39-41,44H2,1-2H3,(H,46,47)/b38-35+/t42-/m1/s1. The van der Waals surface area contributed by atoms with Gasteiger partial charge in [-0.2, -0.15) is 0 Å². The number of allylic oxidation sites excluding steroid dienone is 1. The van der Waals surface area contributed by atoms with E-state index in [1.807, 2.05) is 6.08 Å². The fourth-order valence-corrected chi connectivity index (χ4v) is 7.26. The molecule has 1 unspecified atom stereocenters. The fraction of sp³-hybridized carbons (Fsp3) is 0.930. The highest BCUT2D eigenvalue weighted by Gasteiger charge is 2.25. The lowest BCUT2D eigenvalue weighted by Crippen LogP contribution is -2.27. The number of hydrogen-bond donors (Lipinski definition) is 2. The lowest BCUT2D eigenvalue weighted by molar-refractivity contribution is -0.153. The van der Waals surface area contributed by atoms with Crippen LogP contribution in [0.2, 0.25) is 0 Å². The van der Waals surface area contributed by atoms with Gasteiger partial charge in [0.05, 0.1) is 19.5 Å². The number of hydrogen-bond acceptors (Lipinski definition) is 7. The van der Waals surface area contributed by atoms with Crippen LogP contribution in [0.4, 0.5) is 0 Å². The van der Waals surface area contributed by atoms with E-state index in [1.54, 1.807) is 6.26 Å². The van der Waals surface area contributed by atoms with E-state index in [4.69, 9.17) is 24.3 Å². The number of phosphoric acid groups is 1. The van der Waals surface area contributed by atoms with Gasteiger partial charge in [0.2, 0.25) is 0 Å². The Balaban J connectivity index is 4.02. The molecule has 0 heterocycles. The zero-order valence-electron chi connectivity index (χ0n) is 34.3. The van der Waals surface area contributed by atoms with E-state index >= 15 is 0 Å². The number of esters is 1. The minimum absolute atomic E-state index is 0.0386. The lowest BCUT2D eigenvalue weighted by Gasteiger charge is -2.19. The highest BCUT2D eigenvalue weighted by molar-refractivity contribution is 7.47. The van der Waals surface area contributed by atoms with Crippen molar-refractivity contribution in [3.63, 3.8) is 0 Å². The summed E-state index contributed by atoms with van der Waals surface area (Å²) in [6, 6.07) is 0. The summed E-state index contributed by atoms with van der Waals surface area (Å²) in [6.45, 7) is 4.28. The molecule has 0 bridgehead atoms. The lowest BCUT2D eigenvalue weighted by atomic mass is 10.0. The minimum atomic E-state index is -4.29. The average molecular weight is 760 g/mol. The maximum absolute atomic E-state index is 12.6. The molecule has 2 atom stereocenters. The number of carbonyl (C=O) groups is 1. The Hall–Kier alpha value is -0.920. The van der Waals surface area contributed by atoms with Crippen LogP contribution in [0.1, 0.15) is 226 Å². The summed E-state index contributed by atoms with van der Waals surface area (Å²) in [5.74, 6) is -0.347. The fourth-order valence-electron chi connectivity index (χ4n) is 6.49. The van der Waals surface area contributed by atoms with Crippen molar-refractivity contribution in [1.29, 1.82) is 0 Å². The molecule has 0 saturated heterocycles. The first kappa shape index (κ1) is 51.1. The van der Waals surface area contributed by atoms with Gasteiger partial charge in [-0.15, -0.1) is 0 Å². The first-order valence-corrected chi connectivity index (χ1v) is 23.7. The van der Waals surface area contributed by atoms with Gasteiger partial charge in [0.25, 0.3) is 0 Å². The van der Waals surface area contributed by atoms with Gasteiger partial charge in [-0.05, 0) is 25.3 Å². The van der Waals surface area contributed by atoms with Crippen molar-refractivity contribution < 1.29 is 32.8 Å². The molecule has 0 spiro atoms. The van der Waals surface area contributed by atoms with Crippen LogP contribution in [0.3, 0.4) is 0 Å². The second-order valence-electron chi connectivity index (χ2n) is 15.0. The quantitative estimate of drug-likeness (QED) is 0.0273. The van der Waals surface area contributed by atoms with Crippen molar-refractivity contribution >= 4 is 13.8 Å². The van der Waals surface area contributed by atoms with Crippen molar-refractivity contribution in [2.24, 2.45) is 5.73 Å². The van der Waals surface area contributed by atoms with Crippen molar-refractivity contribution in [3.05, 3.63) is 12.3 Å². The van der Waals surface area contributed by atoms with E-state index in [-0.39, 0.29) is 32.3 Å². The molecular weight excluding hydrogens is 673 g/mol. The number of phosphoric ester groups is 1. The largest absolute Gasteiger partial charge is 0.498 e. The first-order chi connectivity index (χ1) is 25.4. The molecule has 0 aromatic heterocycles. The number of rotatable bonds is 43. The Morgan fingerprint density at radius 3 is 1.37 bits per heavy atom. The molecule has 310 valence electrons. The summed E-state index contributed by atoms with van der Waals surface area (Å²) in [5, 5.41) is 0. The normalized spacial score (nSPS) is 13.5. The Bertz CT molecular complexity index is 812. The molecule has 0 aliphatic rings. The van der Waals surface area contributed by atoms with Gasteiger partial charge >= 0.3 is 13.8 Å². The highest BCUT2D eigenvalue weighted by Crippen LogP contribution is 2.43. The molecule has 0 fully saturated rings. The highest BCUT2D eigenvalue weighted by atomic mass is 31.2. The summed E-state index contributed by atoms with van der Waals surface area (Å²) in [5.41, 5.74) is 5.36. The molecule has 0 saturated carbocycles. The van der Waals surface area contributed by atoms with E-state index in [0.717, 1.165) is 32.1 Å². The van der Waals surface area contributed by atoms with Crippen molar-refractivity contribution in [2.45, 2.75) is 232 Å². The number of carbonyl (C=O) groups excluding carboxylic acids is 1. The Morgan fingerprint density at radius 1 is 0.577 bits per heavy atom. The maximum Gasteiger partial charge on any atom is 0.472 e. The van der Waals surface area contributed by atoms with Gasteiger partial charge in [0.1, 0.15) is 6.61 Å². The molecule has 0 aliphatic heterocycles. The summed E-state index contributed by atoms with van der Waals surface area (Å²) in [4.78, 5) is 22.5. The predicted octanol–water partition coefficient (Wildman–Crippen LogP) is 13.4. The van der Waals surface area contributed by atoms with Crippen LogP contribution in [0.25, 0.3) is 0 Å². The zero-order valence-corrected chi connectivity index (χ0v) is 35.2. The minimum Gasteiger partial charge on any atom is -0.498 e. The molecule has 52 heavy (non-hydrogen) atoms. The summed E-state index contributed by atoms with van der Waals surface area (Å²) >= 11 is 0. The third-order valence-corrected chi connectivity index (χ3v) is 10.8. The maximum atomic E-state index is 12.6. The second kappa shape index (κ2) is 41.2. The summed E-state index contributed by atoms with van der Waals surface area (Å²) in [6.07, 6.45) is 44.6. The molecule has 0 aromatic carbocycles. The van der Waals surface area contributed by atoms with Crippen LogP contribution in [0.15, 0.2) is 12.3 Å². The number of ether oxygens (including phenoxy) is 2. The van der Waals surface area contributed by atoms with Gasteiger partial charge in [0, 0.05) is 13.0 Å². The first-order valence-electron chi connectivity index (χ1n) is 22.2. The molecule has 9 heteroatoms. The van der Waals surface area contributed by atoms with Crippen LogP contribution in [0.5, 0.6) is 0 Å². The average Bonchev–Trinajstić information content (AvgIpc) is 3.13. The van der Waals surface area contributed by atoms with Gasteiger partial charge < -0.3 is 20.1 Å². The van der Waals surface area contributed by atoms with Crippen LogP contribution in [0, 0.1) is 0 Å². The van der Waals surface area contributed by atoms with E-state index in [9.17, 15) is 14.3 Å². The molecule has 8 nitrogen and oxygen atoms in total. The van der Waals surface area contributed by atoms with Crippen LogP contribution >= 0.6 is 7.82 Å². The molecule has 0 radical (unpaired) electrons. The Kier molecular flexibility index (Phi) is 40.5. The second-order valence-corrected chi connectivity index (χ2v) is 16.4. The predicted molar refractivity (Wildman–Crippen MR) is 219 cm³/mol. The van der Waals surface area contributed by atoms with E-state index in [0.29, 0.717) is 6.42 Å². The van der Waals surface area contributed by atoms with E-state index in [2.05, 4.69) is 13.8 Å². The van der Waals surface area contributed by atoms with Crippen LogP contribution in [-0.2, 0) is 27.9 Å². The van der Waals surface area contributed by atoms with Crippen molar-refractivity contribution in [3.8, 4) is 0 Å². The van der Waals surface area contributed by atoms with E-state index < -0.39 is 13.9 Å². The van der Waals surface area contributed by atoms with Gasteiger partial charge in [-0.3, -0.25) is 13.8 Å². The molecule has 0 aromatic rings. The third kappa shape index (κ3) is 40.3. The van der Waals surface area contributed by atoms with E-state index in [1.165, 1.54) is 173 Å². The number of unbranched alkanes of at least 4 members (excludes halogenated alkanes) is 30. The van der Waals surface area contributed by atoms with Crippen molar-refractivity contribution in [2.75, 3.05) is 26.4 Å². The smallest absolute Gasteiger partial charge is 0.472 e. The summed E-state index contributed by atoms with van der Waals surface area (Å²) < 4.78 is 33.2. The van der Waals surface area contributed by atoms with Crippen LogP contribution in [-0.4, -0.2) is 43.3 Å². The molecule has 0 aliphatic carbocycles. The Morgan fingerprint density at radius 2 is 0.962 bits per heavy atom. The van der Waals surface area contributed by atoms with Gasteiger partial charge in [0.15, 0.2) is 6.10 Å². The number of nitrogens with two attached hydrogens (primary N) is 1. The van der Waals surface area contributed by atoms with Gasteiger partial charge in [-0.1, -0.05) is 200 Å². The summed E-state index contributed by atoms with van der Waals surface area (Å²) in [7, 11) is -4.29. The molecule has 0 amide bonds. The molecule has 0 rings (SSSR count). The SMILES string of the molecule is CCCCCCCCCCCCCCCC/C=C/OC[C@H](COP(=O)(O)OCCN)OC(=O)CCCCCCCCCCCCCCCCCCC. The van der Waals surface area contributed by atoms with Crippen LogP contribution < -0.4 is 5.73 Å². The third-order valence-electron chi connectivity index (χ3n) is 9.78. The van der Waals surface area contributed by atoms with Crippen molar-refractivity contribution in [1.82, 2.24) is 0 Å².